The second kappa shape index (κ2) is 4.20. The lowest BCUT2D eigenvalue weighted by Crippen LogP contribution is -2.25. The Hall–Kier alpha value is 0.250. The summed E-state index contributed by atoms with van der Waals surface area (Å²) in [4.78, 5) is 0. The first-order valence-corrected chi connectivity index (χ1v) is 4.62. The third-order valence-electron chi connectivity index (χ3n) is 2.39. The first kappa shape index (κ1) is 8.35. The molecular weight excluding hydrogens is 146 g/mol. The van der Waals surface area contributed by atoms with Crippen molar-refractivity contribution in [1.29, 1.82) is 0 Å². The molecule has 0 spiro atoms. The summed E-state index contributed by atoms with van der Waals surface area (Å²) in [5.74, 6) is 0.709. The first-order chi connectivity index (χ1) is 4.84. The van der Waals surface area contributed by atoms with Crippen molar-refractivity contribution in [2.45, 2.75) is 37.5 Å². The topological polar surface area (TPSA) is 26.0 Å². The lowest BCUT2D eigenvalue weighted by atomic mass is 9.87. The molecule has 1 nitrogen and oxygen atoms in total. The molecule has 1 aliphatic rings. The van der Waals surface area contributed by atoms with Crippen molar-refractivity contribution in [2.75, 3.05) is 6.54 Å². The molecular formula is C8H16ClN. The lowest BCUT2D eigenvalue weighted by Gasteiger charge is -2.24. The van der Waals surface area contributed by atoms with E-state index in [1.807, 2.05) is 0 Å². The summed E-state index contributed by atoms with van der Waals surface area (Å²) >= 11 is 6.02. The van der Waals surface area contributed by atoms with Gasteiger partial charge in [-0.15, -0.1) is 11.6 Å². The van der Waals surface area contributed by atoms with Crippen LogP contribution in [0.1, 0.15) is 32.1 Å². The molecule has 0 heterocycles. The molecule has 2 heteroatoms. The fourth-order valence-electron chi connectivity index (χ4n) is 1.69. The summed E-state index contributed by atoms with van der Waals surface area (Å²) in [7, 11) is 0. The third-order valence-corrected chi connectivity index (χ3v) is 2.92. The zero-order chi connectivity index (χ0) is 7.40. The smallest absolute Gasteiger partial charge is 0.0486 e. The second-order valence-electron chi connectivity index (χ2n) is 3.15. The highest BCUT2D eigenvalue weighted by Gasteiger charge is 2.19. The van der Waals surface area contributed by atoms with Gasteiger partial charge in [0.2, 0.25) is 0 Å². The van der Waals surface area contributed by atoms with E-state index in [9.17, 15) is 0 Å². The van der Waals surface area contributed by atoms with Crippen molar-refractivity contribution in [3.8, 4) is 0 Å². The maximum atomic E-state index is 6.02. The minimum absolute atomic E-state index is 0.236. The van der Waals surface area contributed by atoms with Gasteiger partial charge in [-0.1, -0.05) is 19.3 Å². The van der Waals surface area contributed by atoms with Crippen LogP contribution in [-0.4, -0.2) is 11.9 Å². The minimum Gasteiger partial charge on any atom is -0.329 e. The molecule has 10 heavy (non-hydrogen) atoms. The Labute approximate surface area is 67.9 Å². The van der Waals surface area contributed by atoms with Gasteiger partial charge in [-0.2, -0.15) is 0 Å². The molecule has 1 unspecified atom stereocenters. The molecule has 1 fully saturated rings. The van der Waals surface area contributed by atoms with Gasteiger partial charge in [0.25, 0.3) is 0 Å². The van der Waals surface area contributed by atoms with E-state index in [1.54, 1.807) is 0 Å². The fourth-order valence-corrected chi connectivity index (χ4v) is 1.94. The fraction of sp³-hybridized carbons (Fsp3) is 1.00. The normalized spacial score (nSPS) is 24.6. The number of halogens is 1. The van der Waals surface area contributed by atoms with E-state index >= 15 is 0 Å². The first-order valence-electron chi connectivity index (χ1n) is 4.18. The van der Waals surface area contributed by atoms with Crippen LogP contribution in [0.15, 0.2) is 0 Å². The summed E-state index contributed by atoms with van der Waals surface area (Å²) in [5, 5.41) is 0.236. The standard InChI is InChI=1S/C8H16ClN/c9-8(6-10)7-4-2-1-3-5-7/h7-8H,1-6,10H2. The second-order valence-corrected chi connectivity index (χ2v) is 3.71. The van der Waals surface area contributed by atoms with E-state index in [4.69, 9.17) is 17.3 Å². The van der Waals surface area contributed by atoms with Crippen LogP contribution in [0.2, 0.25) is 0 Å². The highest BCUT2D eigenvalue weighted by Crippen LogP contribution is 2.28. The minimum atomic E-state index is 0.236. The number of nitrogens with two attached hydrogens (primary N) is 1. The number of rotatable bonds is 2. The van der Waals surface area contributed by atoms with E-state index in [0.29, 0.717) is 12.5 Å². The van der Waals surface area contributed by atoms with Gasteiger partial charge in [0.1, 0.15) is 0 Å². The predicted octanol–water partition coefficient (Wildman–Crippen LogP) is 2.13. The predicted molar refractivity (Wildman–Crippen MR) is 45.3 cm³/mol. The Balaban J connectivity index is 2.24. The van der Waals surface area contributed by atoms with Crippen LogP contribution in [0.4, 0.5) is 0 Å². The Kier molecular flexibility index (Phi) is 3.50. The summed E-state index contributed by atoms with van der Waals surface area (Å²) in [6, 6.07) is 0. The van der Waals surface area contributed by atoms with Crippen LogP contribution >= 0.6 is 11.6 Å². The average Bonchev–Trinajstić information content (AvgIpc) is 2.05. The quantitative estimate of drug-likeness (QED) is 0.617. The summed E-state index contributed by atoms with van der Waals surface area (Å²) in [6.45, 7) is 0.645. The highest BCUT2D eigenvalue weighted by atomic mass is 35.5. The molecule has 1 saturated carbocycles. The SMILES string of the molecule is NCC(Cl)C1CCCCC1. The summed E-state index contributed by atoms with van der Waals surface area (Å²) < 4.78 is 0. The van der Waals surface area contributed by atoms with E-state index in [-0.39, 0.29) is 5.38 Å². The van der Waals surface area contributed by atoms with E-state index in [2.05, 4.69) is 0 Å². The number of hydrogen-bond acceptors (Lipinski definition) is 1. The monoisotopic (exact) mass is 161 g/mol. The van der Waals surface area contributed by atoms with E-state index < -0.39 is 0 Å². The summed E-state index contributed by atoms with van der Waals surface area (Å²) in [6.07, 6.45) is 6.70. The van der Waals surface area contributed by atoms with Gasteiger partial charge in [-0.05, 0) is 18.8 Å². The van der Waals surface area contributed by atoms with Gasteiger partial charge in [-0.25, -0.2) is 0 Å². The summed E-state index contributed by atoms with van der Waals surface area (Å²) in [5.41, 5.74) is 5.47. The molecule has 0 bridgehead atoms. The van der Waals surface area contributed by atoms with Gasteiger partial charge < -0.3 is 5.73 Å². The highest BCUT2D eigenvalue weighted by molar-refractivity contribution is 6.21. The molecule has 0 aromatic heterocycles. The van der Waals surface area contributed by atoms with Crippen LogP contribution in [0.3, 0.4) is 0 Å². The van der Waals surface area contributed by atoms with Gasteiger partial charge in [0.15, 0.2) is 0 Å². The Morgan fingerprint density at radius 3 is 2.40 bits per heavy atom. The Morgan fingerprint density at radius 1 is 1.30 bits per heavy atom. The van der Waals surface area contributed by atoms with Gasteiger partial charge in [0, 0.05) is 11.9 Å². The number of alkyl halides is 1. The van der Waals surface area contributed by atoms with Crippen LogP contribution in [0.5, 0.6) is 0 Å². The number of hydrogen-bond donors (Lipinski definition) is 1. The largest absolute Gasteiger partial charge is 0.329 e. The third kappa shape index (κ3) is 2.14. The zero-order valence-electron chi connectivity index (χ0n) is 6.35. The lowest BCUT2D eigenvalue weighted by molar-refractivity contribution is 0.347. The van der Waals surface area contributed by atoms with Crippen molar-refractivity contribution >= 4 is 11.6 Å². The molecule has 2 N–H and O–H groups in total. The molecule has 1 aliphatic carbocycles. The molecule has 60 valence electrons. The van der Waals surface area contributed by atoms with Crippen molar-refractivity contribution in [3.05, 3.63) is 0 Å². The van der Waals surface area contributed by atoms with Crippen molar-refractivity contribution in [1.82, 2.24) is 0 Å². The molecule has 0 amide bonds. The molecule has 0 aromatic rings. The maximum absolute atomic E-state index is 6.02. The maximum Gasteiger partial charge on any atom is 0.0486 e. The Morgan fingerprint density at radius 2 is 1.90 bits per heavy atom. The van der Waals surface area contributed by atoms with Crippen LogP contribution in [0.25, 0.3) is 0 Å². The molecule has 0 aliphatic heterocycles. The van der Waals surface area contributed by atoms with Crippen LogP contribution in [0, 0.1) is 5.92 Å². The van der Waals surface area contributed by atoms with Gasteiger partial charge in [-0.3, -0.25) is 0 Å². The Bertz CT molecular complexity index is 89.3. The zero-order valence-corrected chi connectivity index (χ0v) is 7.11. The molecule has 1 rings (SSSR count). The molecule has 0 radical (unpaired) electrons. The van der Waals surface area contributed by atoms with Crippen LogP contribution in [-0.2, 0) is 0 Å². The van der Waals surface area contributed by atoms with Gasteiger partial charge in [0.05, 0.1) is 0 Å². The van der Waals surface area contributed by atoms with Crippen molar-refractivity contribution in [3.63, 3.8) is 0 Å². The molecule has 0 aromatic carbocycles. The molecule has 1 atom stereocenters. The van der Waals surface area contributed by atoms with Crippen molar-refractivity contribution in [2.24, 2.45) is 11.7 Å². The average molecular weight is 162 g/mol. The van der Waals surface area contributed by atoms with E-state index in [0.717, 1.165) is 0 Å². The van der Waals surface area contributed by atoms with Gasteiger partial charge >= 0.3 is 0 Å². The van der Waals surface area contributed by atoms with Crippen LogP contribution < -0.4 is 5.73 Å². The molecule has 0 saturated heterocycles. The van der Waals surface area contributed by atoms with Crippen molar-refractivity contribution < 1.29 is 0 Å². The van der Waals surface area contributed by atoms with E-state index in [1.165, 1.54) is 32.1 Å².